The fraction of sp³-hybridized carbons (Fsp3) is 0.556. The minimum atomic E-state index is 0.574. The third kappa shape index (κ3) is 1.83. The number of hydrogen-bond donors (Lipinski definition) is 0. The molecule has 0 saturated heterocycles. The van der Waals surface area contributed by atoms with E-state index < -0.39 is 0 Å². The Hall–Kier alpha value is -1.04. The number of hydrogen-bond acceptors (Lipinski definition) is 0. The van der Waals surface area contributed by atoms with Crippen LogP contribution in [0, 0.1) is 23.2 Å². The molecule has 18 heavy (non-hydrogen) atoms. The standard InChI is InChI=1S/C18H22/c1-2-4-14(5-3-1)6-7-18-11-15-8-16(12-18)10-17(9-15)13-18/h1-7,15-17H,8-13H2. The molecule has 0 aromatic heterocycles. The highest BCUT2D eigenvalue weighted by atomic mass is 14.5. The number of rotatable bonds is 2. The third-order valence-corrected chi connectivity index (χ3v) is 5.51. The van der Waals surface area contributed by atoms with Crippen LogP contribution in [-0.4, -0.2) is 0 Å². The van der Waals surface area contributed by atoms with E-state index in [1.165, 1.54) is 44.1 Å². The molecular weight excluding hydrogens is 216 g/mol. The lowest BCUT2D eigenvalue weighted by Crippen LogP contribution is -2.44. The lowest BCUT2D eigenvalue weighted by atomic mass is 9.49. The zero-order chi connectivity index (χ0) is 12.0. The van der Waals surface area contributed by atoms with Crippen molar-refractivity contribution in [3.63, 3.8) is 0 Å². The maximum atomic E-state index is 2.58. The van der Waals surface area contributed by atoms with Crippen LogP contribution in [0.25, 0.3) is 6.08 Å². The summed E-state index contributed by atoms with van der Waals surface area (Å²) >= 11 is 0. The molecule has 4 bridgehead atoms. The summed E-state index contributed by atoms with van der Waals surface area (Å²) in [6.07, 6.45) is 14.0. The van der Waals surface area contributed by atoms with Gasteiger partial charge in [-0.3, -0.25) is 0 Å². The molecule has 4 fully saturated rings. The molecule has 1 aromatic carbocycles. The molecule has 0 N–H and O–H groups in total. The van der Waals surface area contributed by atoms with Crippen LogP contribution in [0.4, 0.5) is 0 Å². The van der Waals surface area contributed by atoms with Crippen molar-refractivity contribution in [3.05, 3.63) is 42.0 Å². The first-order valence-electron chi connectivity index (χ1n) is 7.56. The average Bonchev–Trinajstić information content (AvgIpc) is 2.36. The maximum absolute atomic E-state index is 2.58. The molecule has 4 aliphatic rings. The first-order chi connectivity index (χ1) is 8.81. The van der Waals surface area contributed by atoms with Crippen molar-refractivity contribution in [1.82, 2.24) is 0 Å². The highest BCUT2D eigenvalue weighted by Crippen LogP contribution is 2.60. The van der Waals surface area contributed by atoms with Crippen LogP contribution in [0.5, 0.6) is 0 Å². The van der Waals surface area contributed by atoms with Crippen molar-refractivity contribution in [2.75, 3.05) is 0 Å². The molecule has 94 valence electrons. The van der Waals surface area contributed by atoms with Crippen molar-refractivity contribution >= 4 is 6.08 Å². The van der Waals surface area contributed by atoms with Crippen LogP contribution in [-0.2, 0) is 0 Å². The molecule has 5 rings (SSSR count). The lowest BCUT2D eigenvalue weighted by molar-refractivity contribution is -0.0232. The Morgan fingerprint density at radius 1 is 0.833 bits per heavy atom. The zero-order valence-corrected chi connectivity index (χ0v) is 11.0. The molecule has 0 amide bonds. The van der Waals surface area contributed by atoms with Gasteiger partial charge in [0.1, 0.15) is 0 Å². The summed E-state index contributed by atoms with van der Waals surface area (Å²) in [5, 5.41) is 0. The van der Waals surface area contributed by atoms with Gasteiger partial charge in [0.25, 0.3) is 0 Å². The minimum Gasteiger partial charge on any atom is -0.0777 e. The van der Waals surface area contributed by atoms with E-state index >= 15 is 0 Å². The lowest BCUT2D eigenvalue weighted by Gasteiger charge is -2.55. The average molecular weight is 238 g/mol. The summed E-state index contributed by atoms with van der Waals surface area (Å²) in [6.45, 7) is 0. The van der Waals surface area contributed by atoms with E-state index in [0.717, 1.165) is 17.8 Å². The van der Waals surface area contributed by atoms with Gasteiger partial charge in [-0.25, -0.2) is 0 Å². The van der Waals surface area contributed by atoms with Crippen LogP contribution in [0.15, 0.2) is 36.4 Å². The topological polar surface area (TPSA) is 0 Å². The van der Waals surface area contributed by atoms with Crippen LogP contribution >= 0.6 is 0 Å². The van der Waals surface area contributed by atoms with Crippen LogP contribution in [0.3, 0.4) is 0 Å². The van der Waals surface area contributed by atoms with Crippen molar-refractivity contribution in [1.29, 1.82) is 0 Å². The molecule has 0 spiro atoms. The first-order valence-corrected chi connectivity index (χ1v) is 7.56. The molecule has 0 atom stereocenters. The van der Waals surface area contributed by atoms with Gasteiger partial charge in [-0.05, 0) is 67.3 Å². The van der Waals surface area contributed by atoms with Gasteiger partial charge in [-0.1, -0.05) is 42.5 Å². The van der Waals surface area contributed by atoms with E-state index in [4.69, 9.17) is 0 Å². The van der Waals surface area contributed by atoms with E-state index in [1.807, 2.05) is 0 Å². The largest absolute Gasteiger partial charge is 0.0777 e. The zero-order valence-electron chi connectivity index (χ0n) is 11.0. The SMILES string of the molecule is C(=CC12CC3CC(CC(C3)C1)C2)c1ccccc1. The van der Waals surface area contributed by atoms with Gasteiger partial charge in [0, 0.05) is 0 Å². The molecule has 0 radical (unpaired) electrons. The molecule has 0 unspecified atom stereocenters. The normalized spacial score (nSPS) is 41.7. The van der Waals surface area contributed by atoms with Crippen molar-refractivity contribution < 1.29 is 0 Å². The van der Waals surface area contributed by atoms with E-state index in [-0.39, 0.29) is 0 Å². The summed E-state index contributed by atoms with van der Waals surface area (Å²) in [4.78, 5) is 0. The Balaban J connectivity index is 1.59. The van der Waals surface area contributed by atoms with E-state index in [0.29, 0.717) is 5.41 Å². The maximum Gasteiger partial charge on any atom is -0.0107 e. The van der Waals surface area contributed by atoms with Crippen LogP contribution < -0.4 is 0 Å². The Labute approximate surface area is 110 Å². The predicted molar refractivity (Wildman–Crippen MR) is 76.1 cm³/mol. The summed E-state index contributed by atoms with van der Waals surface area (Å²) in [5.74, 6) is 3.16. The van der Waals surface area contributed by atoms with E-state index in [2.05, 4.69) is 42.5 Å². The highest BCUT2D eigenvalue weighted by molar-refractivity contribution is 5.50. The van der Waals surface area contributed by atoms with E-state index in [9.17, 15) is 0 Å². The Kier molecular flexibility index (Phi) is 2.40. The van der Waals surface area contributed by atoms with Gasteiger partial charge in [0.05, 0.1) is 0 Å². The molecule has 4 saturated carbocycles. The Morgan fingerprint density at radius 3 is 1.94 bits per heavy atom. The fourth-order valence-electron chi connectivity index (χ4n) is 5.22. The van der Waals surface area contributed by atoms with Crippen molar-refractivity contribution in [2.45, 2.75) is 38.5 Å². The smallest absolute Gasteiger partial charge is 0.0107 e. The van der Waals surface area contributed by atoms with Gasteiger partial charge >= 0.3 is 0 Å². The predicted octanol–water partition coefficient (Wildman–Crippen LogP) is 4.92. The van der Waals surface area contributed by atoms with Crippen molar-refractivity contribution in [2.24, 2.45) is 23.2 Å². The molecule has 0 nitrogen and oxygen atoms in total. The van der Waals surface area contributed by atoms with Gasteiger partial charge in [0.2, 0.25) is 0 Å². The van der Waals surface area contributed by atoms with Gasteiger partial charge in [0.15, 0.2) is 0 Å². The molecule has 0 heterocycles. The summed E-state index contributed by atoms with van der Waals surface area (Å²) in [7, 11) is 0. The third-order valence-electron chi connectivity index (χ3n) is 5.51. The fourth-order valence-corrected chi connectivity index (χ4v) is 5.22. The second kappa shape index (κ2) is 3.98. The molecule has 0 heteroatoms. The molecule has 1 aromatic rings. The Morgan fingerprint density at radius 2 is 1.39 bits per heavy atom. The number of allylic oxidation sites excluding steroid dienone is 1. The second-order valence-electron chi connectivity index (χ2n) is 7.02. The quantitative estimate of drug-likeness (QED) is 0.686. The van der Waals surface area contributed by atoms with Crippen LogP contribution in [0.2, 0.25) is 0 Å². The summed E-state index contributed by atoms with van der Waals surface area (Å²) in [5.41, 5.74) is 1.94. The summed E-state index contributed by atoms with van der Waals surface area (Å²) in [6, 6.07) is 10.8. The van der Waals surface area contributed by atoms with Gasteiger partial charge in [-0.15, -0.1) is 0 Å². The molecule has 4 aliphatic carbocycles. The second-order valence-corrected chi connectivity index (χ2v) is 7.02. The summed E-state index contributed by atoms with van der Waals surface area (Å²) < 4.78 is 0. The minimum absolute atomic E-state index is 0.574. The molecular formula is C18H22. The molecule has 0 aliphatic heterocycles. The number of benzene rings is 1. The van der Waals surface area contributed by atoms with E-state index in [1.54, 1.807) is 0 Å². The van der Waals surface area contributed by atoms with Gasteiger partial charge in [-0.2, -0.15) is 0 Å². The van der Waals surface area contributed by atoms with Crippen LogP contribution in [0.1, 0.15) is 44.1 Å². The monoisotopic (exact) mass is 238 g/mol. The Bertz CT molecular complexity index is 419. The van der Waals surface area contributed by atoms with Crippen molar-refractivity contribution in [3.8, 4) is 0 Å². The highest BCUT2D eigenvalue weighted by Gasteiger charge is 2.49. The van der Waals surface area contributed by atoms with Gasteiger partial charge < -0.3 is 0 Å². The first kappa shape index (κ1) is 10.8.